The van der Waals surface area contributed by atoms with Crippen molar-refractivity contribution in [2.24, 2.45) is 0 Å². The topological polar surface area (TPSA) is 114 Å². The molecule has 15 heteroatoms. The monoisotopic (exact) mass is 616 g/mol. The number of carboxylic acids is 1. The van der Waals surface area contributed by atoms with Gasteiger partial charge in [0, 0.05) is 31.7 Å². The van der Waals surface area contributed by atoms with Crippen LogP contribution in [0.5, 0.6) is 11.5 Å². The Hall–Kier alpha value is -3.75. The smallest absolute Gasteiger partial charge is 0.387 e. The van der Waals surface area contributed by atoms with Crippen LogP contribution in [-0.2, 0) is 11.2 Å². The van der Waals surface area contributed by atoms with Crippen molar-refractivity contribution in [1.82, 2.24) is 9.97 Å². The molecule has 208 valence electrons. The van der Waals surface area contributed by atoms with Crippen molar-refractivity contribution in [2.45, 2.75) is 32.5 Å². The molecule has 0 spiro atoms. The van der Waals surface area contributed by atoms with Gasteiger partial charge < -0.3 is 33.2 Å². The number of nitrogens with zero attached hydrogens (tertiary/aromatic N) is 4. The summed E-state index contributed by atoms with van der Waals surface area (Å²) in [6.45, 7) is -2.58. The Morgan fingerprint density at radius 3 is 1.82 bits per heavy atom. The Labute approximate surface area is 226 Å². The Morgan fingerprint density at radius 2 is 1.36 bits per heavy atom. The quantitative estimate of drug-likeness (QED) is 0.248. The zero-order valence-electron chi connectivity index (χ0n) is 20.1. The number of carbonyl (C=O) groups is 1. The van der Waals surface area contributed by atoms with Crippen LogP contribution in [-0.4, -0.2) is 60.4 Å². The standard InChI is InChI=1S/C13H12F2N2O4.C11H9BrF2N2O2/c14-12(15)20-8-3-2-7(6-9(18)19)11-10(8)16-13(21-11)17-4-1-5-17;12-6-2-3-7(17-10(13)14)8-9(6)18-11(15-8)16-4-1-5-16/h2-3,12H,1,4-6H2,(H,18,19);2-3,10H,1,4-5H2. The Bertz CT molecular complexity index is 1490. The van der Waals surface area contributed by atoms with Gasteiger partial charge in [0.1, 0.15) is 0 Å². The number of ether oxygens (including phenoxy) is 2. The van der Waals surface area contributed by atoms with E-state index in [4.69, 9.17) is 13.9 Å². The zero-order valence-corrected chi connectivity index (χ0v) is 21.7. The van der Waals surface area contributed by atoms with Crippen molar-refractivity contribution in [3.05, 3.63) is 34.3 Å². The van der Waals surface area contributed by atoms with Crippen LogP contribution < -0.4 is 19.3 Å². The summed E-state index contributed by atoms with van der Waals surface area (Å²) in [4.78, 5) is 23.0. The first-order valence-corrected chi connectivity index (χ1v) is 12.6. The third kappa shape index (κ3) is 5.82. The first-order valence-electron chi connectivity index (χ1n) is 11.8. The molecule has 2 aromatic carbocycles. The van der Waals surface area contributed by atoms with Crippen LogP contribution in [0, 0.1) is 0 Å². The Morgan fingerprint density at radius 1 is 0.872 bits per heavy atom. The number of carboxylic acid groups (broad SMARTS) is 1. The summed E-state index contributed by atoms with van der Waals surface area (Å²) in [5, 5.41) is 8.89. The van der Waals surface area contributed by atoms with Crippen molar-refractivity contribution < 1.29 is 45.8 Å². The molecule has 4 aromatic rings. The SMILES string of the molecule is FC(F)Oc1ccc(Br)c2oc(N3CCC3)nc12.O=C(O)Cc1ccc(OC(F)F)c2nc(N3CCC3)oc12. The normalized spacial score (nSPS) is 14.8. The lowest BCUT2D eigenvalue weighted by Gasteiger charge is -2.28. The van der Waals surface area contributed by atoms with Gasteiger partial charge in [-0.2, -0.15) is 27.5 Å². The lowest BCUT2D eigenvalue weighted by atomic mass is 10.1. The van der Waals surface area contributed by atoms with E-state index in [0.29, 0.717) is 33.2 Å². The van der Waals surface area contributed by atoms with Gasteiger partial charge in [0.25, 0.3) is 12.0 Å². The number of aliphatic carboxylic acids is 1. The number of halogens is 5. The van der Waals surface area contributed by atoms with Crippen molar-refractivity contribution in [3.63, 3.8) is 0 Å². The summed E-state index contributed by atoms with van der Waals surface area (Å²) in [6, 6.07) is 6.48. The average molecular weight is 617 g/mol. The fraction of sp³-hybridized carbons (Fsp3) is 0.375. The molecule has 0 radical (unpaired) electrons. The Balaban J connectivity index is 0.000000160. The highest BCUT2D eigenvalue weighted by Crippen LogP contribution is 2.36. The highest BCUT2D eigenvalue weighted by atomic mass is 79.9. The van der Waals surface area contributed by atoms with Crippen LogP contribution in [0.2, 0.25) is 0 Å². The molecule has 6 rings (SSSR count). The first kappa shape index (κ1) is 26.8. The third-order valence-corrected chi connectivity index (χ3v) is 6.68. The van der Waals surface area contributed by atoms with Crippen molar-refractivity contribution in [1.29, 1.82) is 0 Å². The van der Waals surface area contributed by atoms with Crippen molar-refractivity contribution in [3.8, 4) is 11.5 Å². The fourth-order valence-corrected chi connectivity index (χ4v) is 4.34. The molecule has 0 bridgehead atoms. The maximum absolute atomic E-state index is 12.4. The average Bonchev–Trinajstić information content (AvgIpc) is 3.41. The molecular formula is C24H21BrF4N4O6. The second-order valence-electron chi connectivity index (χ2n) is 8.63. The number of benzene rings is 2. The molecule has 4 heterocycles. The lowest BCUT2D eigenvalue weighted by molar-refractivity contribution is -0.136. The number of hydrogen-bond donors (Lipinski definition) is 1. The van der Waals surface area contributed by atoms with E-state index in [1.54, 1.807) is 6.07 Å². The van der Waals surface area contributed by atoms with Crippen LogP contribution in [0.3, 0.4) is 0 Å². The molecule has 0 amide bonds. The molecule has 39 heavy (non-hydrogen) atoms. The van der Waals surface area contributed by atoms with Gasteiger partial charge in [-0.25, -0.2) is 0 Å². The van der Waals surface area contributed by atoms with E-state index >= 15 is 0 Å². The van der Waals surface area contributed by atoms with Crippen molar-refractivity contribution >= 4 is 56.1 Å². The molecular weight excluding hydrogens is 596 g/mol. The molecule has 0 saturated carbocycles. The van der Waals surface area contributed by atoms with E-state index in [2.05, 4.69) is 35.4 Å². The highest BCUT2D eigenvalue weighted by molar-refractivity contribution is 9.10. The molecule has 0 atom stereocenters. The number of rotatable bonds is 8. The molecule has 10 nitrogen and oxygen atoms in total. The molecule has 1 N–H and O–H groups in total. The van der Waals surface area contributed by atoms with Crippen molar-refractivity contribution in [2.75, 3.05) is 36.0 Å². The molecule has 2 fully saturated rings. The zero-order chi connectivity index (χ0) is 27.7. The number of alkyl halides is 4. The predicted octanol–water partition coefficient (Wildman–Crippen LogP) is 5.67. The minimum atomic E-state index is -2.98. The summed E-state index contributed by atoms with van der Waals surface area (Å²) in [5.74, 6) is -1.14. The van der Waals surface area contributed by atoms with Crippen LogP contribution >= 0.6 is 15.9 Å². The predicted molar refractivity (Wildman–Crippen MR) is 134 cm³/mol. The van der Waals surface area contributed by atoms with Crippen LogP contribution in [0.4, 0.5) is 29.6 Å². The van der Waals surface area contributed by atoms with E-state index in [1.165, 1.54) is 18.2 Å². The summed E-state index contributed by atoms with van der Waals surface area (Å²) in [6.07, 6.45) is 1.81. The van der Waals surface area contributed by atoms with Crippen LogP contribution in [0.25, 0.3) is 22.2 Å². The Kier molecular flexibility index (Phi) is 7.68. The van der Waals surface area contributed by atoms with Gasteiger partial charge in [0.15, 0.2) is 33.7 Å². The van der Waals surface area contributed by atoms with Crippen LogP contribution in [0.1, 0.15) is 18.4 Å². The van der Waals surface area contributed by atoms with E-state index in [0.717, 1.165) is 39.0 Å². The second-order valence-corrected chi connectivity index (χ2v) is 9.48. The maximum Gasteiger partial charge on any atom is 0.387 e. The van der Waals surface area contributed by atoms with E-state index < -0.39 is 19.2 Å². The highest BCUT2D eigenvalue weighted by Gasteiger charge is 2.25. The molecule has 0 unspecified atom stereocenters. The minimum Gasteiger partial charge on any atom is -0.481 e. The third-order valence-electron chi connectivity index (χ3n) is 6.05. The van der Waals surface area contributed by atoms with Gasteiger partial charge in [0.2, 0.25) is 0 Å². The molecule has 2 aliphatic rings. The second kappa shape index (κ2) is 11.2. The summed E-state index contributed by atoms with van der Waals surface area (Å²) in [5.41, 5.74) is 1.41. The van der Waals surface area contributed by atoms with E-state index in [1.807, 2.05) is 9.80 Å². The van der Waals surface area contributed by atoms with Crippen LogP contribution in [0.15, 0.2) is 37.6 Å². The molecule has 2 aliphatic heterocycles. The fourth-order valence-electron chi connectivity index (χ4n) is 3.94. The number of anilines is 2. The first-order chi connectivity index (χ1) is 18.7. The minimum absolute atomic E-state index is 0.0266. The summed E-state index contributed by atoms with van der Waals surface area (Å²) >= 11 is 3.30. The van der Waals surface area contributed by atoms with Gasteiger partial charge in [-0.3, -0.25) is 4.79 Å². The number of fused-ring (bicyclic) bond motifs is 2. The van der Waals surface area contributed by atoms with Gasteiger partial charge in [-0.1, -0.05) is 6.07 Å². The van der Waals surface area contributed by atoms with Gasteiger partial charge in [-0.15, -0.1) is 0 Å². The summed E-state index contributed by atoms with van der Waals surface area (Å²) in [7, 11) is 0. The van der Waals surface area contributed by atoms with Gasteiger partial charge >= 0.3 is 19.2 Å². The largest absolute Gasteiger partial charge is 0.481 e. The van der Waals surface area contributed by atoms with E-state index in [9.17, 15) is 22.4 Å². The lowest BCUT2D eigenvalue weighted by Crippen LogP contribution is -2.37. The number of aromatic nitrogens is 2. The maximum atomic E-state index is 12.4. The molecule has 2 saturated heterocycles. The number of oxazole rings is 2. The van der Waals surface area contributed by atoms with Gasteiger partial charge in [0.05, 0.1) is 10.9 Å². The van der Waals surface area contributed by atoms with E-state index in [-0.39, 0.29) is 29.0 Å². The molecule has 2 aromatic heterocycles. The number of hydrogen-bond acceptors (Lipinski definition) is 9. The summed E-state index contributed by atoms with van der Waals surface area (Å²) < 4.78 is 70.0. The molecule has 0 aliphatic carbocycles. The van der Waals surface area contributed by atoms with Gasteiger partial charge in [-0.05, 0) is 47.0 Å².